The van der Waals surface area contributed by atoms with Gasteiger partial charge in [0.05, 0.1) is 11.0 Å². The van der Waals surface area contributed by atoms with E-state index in [2.05, 4.69) is 5.32 Å². The van der Waals surface area contributed by atoms with Crippen LogP contribution in [-0.2, 0) is 21.4 Å². The highest BCUT2D eigenvalue weighted by molar-refractivity contribution is 7.89. The predicted molar refractivity (Wildman–Crippen MR) is 99.1 cm³/mol. The highest BCUT2D eigenvalue weighted by Crippen LogP contribution is 2.32. The smallest absolute Gasteiger partial charge is 0.243 e. The van der Waals surface area contributed by atoms with Crippen LogP contribution < -0.4 is 14.8 Å². The number of carbonyl (C=O) groups excluding carboxylic acids is 1. The van der Waals surface area contributed by atoms with Crippen LogP contribution in [0.4, 0.5) is 4.39 Å². The molecule has 2 aliphatic heterocycles. The van der Waals surface area contributed by atoms with Crippen molar-refractivity contribution in [3.63, 3.8) is 0 Å². The van der Waals surface area contributed by atoms with Gasteiger partial charge in [0, 0.05) is 19.5 Å². The van der Waals surface area contributed by atoms with Crippen LogP contribution in [0.1, 0.15) is 12.0 Å². The van der Waals surface area contributed by atoms with Crippen molar-refractivity contribution in [1.82, 2.24) is 9.62 Å². The van der Waals surface area contributed by atoms with Gasteiger partial charge in [-0.1, -0.05) is 6.07 Å². The first-order valence-corrected chi connectivity index (χ1v) is 10.4. The molecule has 2 aromatic carbocycles. The third-order valence-corrected chi connectivity index (χ3v) is 6.75. The number of β-amino-alcohol motifs (C(OH)–C–C–N with tert-alkyl or cyclic N) is 1. The molecule has 1 saturated heterocycles. The fraction of sp³-hybridized carbons (Fsp3) is 0.316. The topological polar surface area (TPSA) is 105 Å². The summed E-state index contributed by atoms with van der Waals surface area (Å²) in [6.07, 6.45) is -0.987. The molecular formula is C19H19FN2O6S. The molecule has 2 heterocycles. The van der Waals surface area contributed by atoms with Gasteiger partial charge in [-0.25, -0.2) is 12.8 Å². The van der Waals surface area contributed by atoms with Gasteiger partial charge in [-0.15, -0.1) is 0 Å². The molecule has 2 atom stereocenters. The zero-order chi connectivity index (χ0) is 20.6. The van der Waals surface area contributed by atoms with Crippen LogP contribution in [0, 0.1) is 5.82 Å². The van der Waals surface area contributed by atoms with E-state index in [1.807, 2.05) is 0 Å². The minimum Gasteiger partial charge on any atom is -0.454 e. The molecule has 2 aromatic rings. The lowest BCUT2D eigenvalue weighted by atomic mass is 10.1. The lowest BCUT2D eigenvalue weighted by Gasteiger charge is -2.23. The van der Waals surface area contributed by atoms with Gasteiger partial charge in [0.25, 0.3) is 0 Å². The van der Waals surface area contributed by atoms with Crippen molar-refractivity contribution in [1.29, 1.82) is 0 Å². The maximum atomic E-state index is 13.1. The molecule has 0 aliphatic carbocycles. The van der Waals surface area contributed by atoms with Gasteiger partial charge in [-0.05, 0) is 42.0 Å². The highest BCUT2D eigenvalue weighted by atomic mass is 32.2. The molecule has 0 radical (unpaired) electrons. The van der Waals surface area contributed by atoms with Gasteiger partial charge in [0.1, 0.15) is 11.9 Å². The summed E-state index contributed by atoms with van der Waals surface area (Å²) in [5.74, 6) is 0.109. The van der Waals surface area contributed by atoms with Gasteiger partial charge in [0.15, 0.2) is 11.5 Å². The number of benzene rings is 2. The molecule has 0 bridgehead atoms. The number of ether oxygens (including phenoxy) is 2. The normalized spacial score (nSPS) is 21.3. The molecular weight excluding hydrogens is 403 g/mol. The Balaban J connectivity index is 1.48. The van der Waals surface area contributed by atoms with Crippen LogP contribution >= 0.6 is 0 Å². The van der Waals surface area contributed by atoms with Crippen molar-refractivity contribution >= 4 is 15.9 Å². The van der Waals surface area contributed by atoms with Crippen molar-refractivity contribution in [2.24, 2.45) is 0 Å². The van der Waals surface area contributed by atoms with Crippen LogP contribution in [0.3, 0.4) is 0 Å². The molecule has 0 saturated carbocycles. The second-order valence-corrected chi connectivity index (χ2v) is 8.73. The van der Waals surface area contributed by atoms with E-state index in [0.717, 1.165) is 34.1 Å². The average molecular weight is 422 g/mol. The molecule has 8 nitrogen and oxygen atoms in total. The minimum absolute atomic E-state index is 0.0204. The first-order valence-electron chi connectivity index (χ1n) is 8.96. The predicted octanol–water partition coefficient (Wildman–Crippen LogP) is 0.995. The van der Waals surface area contributed by atoms with Gasteiger partial charge >= 0.3 is 0 Å². The molecule has 10 heteroatoms. The monoisotopic (exact) mass is 422 g/mol. The van der Waals surface area contributed by atoms with E-state index in [1.165, 1.54) is 0 Å². The lowest BCUT2D eigenvalue weighted by molar-refractivity contribution is -0.124. The Kier molecular flexibility index (Phi) is 5.15. The Labute approximate surface area is 166 Å². The van der Waals surface area contributed by atoms with E-state index in [1.54, 1.807) is 18.2 Å². The molecule has 2 unspecified atom stereocenters. The molecule has 29 heavy (non-hydrogen) atoms. The van der Waals surface area contributed by atoms with Crippen molar-refractivity contribution in [2.75, 3.05) is 13.3 Å². The number of hydrogen-bond acceptors (Lipinski definition) is 6. The molecule has 0 spiro atoms. The van der Waals surface area contributed by atoms with Crippen molar-refractivity contribution < 1.29 is 32.2 Å². The number of amides is 1. The zero-order valence-electron chi connectivity index (χ0n) is 15.2. The van der Waals surface area contributed by atoms with E-state index in [9.17, 15) is 22.7 Å². The fourth-order valence-electron chi connectivity index (χ4n) is 3.39. The van der Waals surface area contributed by atoms with Gasteiger partial charge < -0.3 is 19.9 Å². The summed E-state index contributed by atoms with van der Waals surface area (Å²) < 4.78 is 50.4. The van der Waals surface area contributed by atoms with Crippen LogP contribution in [0.2, 0.25) is 0 Å². The Bertz CT molecular complexity index is 1030. The number of nitrogens with zero attached hydrogens (tertiary/aromatic N) is 1. The van der Waals surface area contributed by atoms with E-state index < -0.39 is 33.9 Å². The van der Waals surface area contributed by atoms with Crippen LogP contribution in [0.25, 0.3) is 0 Å². The second-order valence-electron chi connectivity index (χ2n) is 6.84. The first-order chi connectivity index (χ1) is 13.8. The molecule has 0 aromatic heterocycles. The Morgan fingerprint density at radius 1 is 1.17 bits per heavy atom. The number of fused-ring (bicyclic) bond motifs is 1. The van der Waals surface area contributed by atoms with E-state index in [-0.39, 0.29) is 31.2 Å². The van der Waals surface area contributed by atoms with E-state index in [0.29, 0.717) is 11.5 Å². The van der Waals surface area contributed by atoms with Crippen LogP contribution in [0.5, 0.6) is 11.5 Å². The van der Waals surface area contributed by atoms with Gasteiger partial charge in [0.2, 0.25) is 22.7 Å². The summed E-state index contributed by atoms with van der Waals surface area (Å²) >= 11 is 0. The van der Waals surface area contributed by atoms with Gasteiger partial charge in [-0.2, -0.15) is 4.31 Å². The number of hydrogen-bond donors (Lipinski definition) is 2. The molecule has 1 amide bonds. The van der Waals surface area contributed by atoms with Gasteiger partial charge in [-0.3, -0.25) is 4.79 Å². The van der Waals surface area contributed by atoms with Crippen molar-refractivity contribution in [3.8, 4) is 11.5 Å². The Hall–Kier alpha value is -2.69. The fourth-order valence-corrected chi connectivity index (χ4v) is 5.02. The van der Waals surface area contributed by atoms with Crippen molar-refractivity contribution in [3.05, 3.63) is 53.8 Å². The number of carbonyl (C=O) groups is 1. The maximum absolute atomic E-state index is 13.1. The maximum Gasteiger partial charge on any atom is 0.243 e. The number of halogens is 1. The summed E-state index contributed by atoms with van der Waals surface area (Å²) in [7, 11) is -4.06. The minimum atomic E-state index is -4.06. The van der Waals surface area contributed by atoms with Crippen molar-refractivity contribution in [2.45, 2.75) is 30.0 Å². The third kappa shape index (κ3) is 3.91. The van der Waals surface area contributed by atoms with E-state index in [4.69, 9.17) is 9.47 Å². The van der Waals surface area contributed by atoms with E-state index >= 15 is 0 Å². The van der Waals surface area contributed by atoms with Crippen LogP contribution in [0.15, 0.2) is 47.4 Å². The number of nitrogens with one attached hydrogen (secondary N) is 1. The molecule has 2 N–H and O–H groups in total. The number of aliphatic hydroxyl groups excluding tert-OH is 1. The summed E-state index contributed by atoms with van der Waals surface area (Å²) in [6, 6.07) is 8.52. The Morgan fingerprint density at radius 3 is 2.66 bits per heavy atom. The SMILES string of the molecule is O=C(NCc1ccc2c(c1)OCO2)C1CC(O)CN1S(=O)(=O)c1ccc(F)cc1. The summed E-state index contributed by atoms with van der Waals surface area (Å²) in [5.41, 5.74) is 0.758. The standard InChI is InChI=1S/C19H19FN2O6S/c20-13-2-4-15(5-3-13)29(25,26)22-10-14(23)8-16(22)19(24)21-9-12-1-6-17-18(7-12)28-11-27-17/h1-7,14,16,23H,8-11H2,(H,21,24). The quantitative estimate of drug-likeness (QED) is 0.745. The highest BCUT2D eigenvalue weighted by Gasteiger charge is 2.43. The molecule has 4 rings (SSSR count). The number of rotatable bonds is 5. The lowest BCUT2D eigenvalue weighted by Crippen LogP contribution is -2.45. The number of sulfonamides is 1. The largest absolute Gasteiger partial charge is 0.454 e. The van der Waals surface area contributed by atoms with Crippen LogP contribution in [-0.4, -0.2) is 49.2 Å². The molecule has 2 aliphatic rings. The second kappa shape index (κ2) is 7.62. The molecule has 1 fully saturated rings. The summed E-state index contributed by atoms with van der Waals surface area (Å²) in [4.78, 5) is 12.6. The summed E-state index contributed by atoms with van der Waals surface area (Å²) in [5, 5.41) is 12.7. The summed E-state index contributed by atoms with van der Waals surface area (Å²) in [6.45, 7) is 0.0929. The Morgan fingerprint density at radius 2 is 1.90 bits per heavy atom. The third-order valence-electron chi connectivity index (χ3n) is 4.86. The zero-order valence-corrected chi connectivity index (χ0v) is 16.1. The number of aliphatic hydroxyl groups is 1. The first kappa shape index (κ1) is 19.6. The average Bonchev–Trinajstić information content (AvgIpc) is 3.32. The molecule has 154 valence electrons.